The Balaban J connectivity index is 1.68. The molecule has 1 N–H and O–H groups in total. The average Bonchev–Trinajstić information content (AvgIpc) is 3.09. The van der Waals surface area contributed by atoms with Crippen molar-refractivity contribution in [3.8, 4) is 11.4 Å². The van der Waals surface area contributed by atoms with Gasteiger partial charge in [0.15, 0.2) is 0 Å². The van der Waals surface area contributed by atoms with Gasteiger partial charge in [0.1, 0.15) is 17.8 Å². The van der Waals surface area contributed by atoms with Gasteiger partial charge in [-0.3, -0.25) is 10.1 Å². The highest BCUT2D eigenvalue weighted by atomic mass is 16.6. The molecule has 0 unspecified atom stereocenters. The smallest absolute Gasteiger partial charge is 0.287 e. The first kappa shape index (κ1) is 16.4. The minimum Gasteiger partial charge on any atom is -0.497 e. The molecule has 25 heavy (non-hydrogen) atoms. The van der Waals surface area contributed by atoms with E-state index in [9.17, 15) is 10.1 Å². The first-order valence-electron chi connectivity index (χ1n) is 7.60. The minimum absolute atomic E-state index is 0.0215. The van der Waals surface area contributed by atoms with Crippen LogP contribution >= 0.6 is 0 Å². The lowest BCUT2D eigenvalue weighted by molar-refractivity contribution is -0.385. The van der Waals surface area contributed by atoms with Crippen LogP contribution in [0.1, 0.15) is 11.3 Å². The Morgan fingerprint density at radius 1 is 1.28 bits per heavy atom. The zero-order valence-electron chi connectivity index (χ0n) is 13.8. The van der Waals surface area contributed by atoms with Crippen molar-refractivity contribution in [3.63, 3.8) is 0 Å². The predicted molar refractivity (Wildman–Crippen MR) is 93.1 cm³/mol. The van der Waals surface area contributed by atoms with Crippen molar-refractivity contribution in [2.45, 2.75) is 13.5 Å². The zero-order chi connectivity index (χ0) is 17.8. The number of nitrogens with one attached hydrogen (secondary N) is 1. The van der Waals surface area contributed by atoms with Gasteiger partial charge in [0.2, 0.25) is 0 Å². The van der Waals surface area contributed by atoms with Gasteiger partial charge in [0, 0.05) is 12.3 Å². The fraction of sp³-hybridized carbons (Fsp3) is 0.176. The Labute approximate surface area is 144 Å². The lowest BCUT2D eigenvalue weighted by atomic mass is 10.2. The summed E-state index contributed by atoms with van der Waals surface area (Å²) in [4.78, 5) is 14.4. The molecule has 0 amide bonds. The van der Waals surface area contributed by atoms with E-state index in [1.807, 2.05) is 36.5 Å². The highest BCUT2D eigenvalue weighted by Crippen LogP contribution is 2.19. The molecule has 2 aromatic heterocycles. The topological polar surface area (TPSA) is 95.1 Å². The molecule has 0 aliphatic heterocycles. The maximum Gasteiger partial charge on any atom is 0.287 e. The van der Waals surface area contributed by atoms with Crippen LogP contribution in [0.3, 0.4) is 0 Å². The van der Waals surface area contributed by atoms with E-state index >= 15 is 0 Å². The first-order valence-corrected chi connectivity index (χ1v) is 7.60. The molecule has 128 valence electrons. The molecule has 0 saturated heterocycles. The quantitative estimate of drug-likeness (QED) is 0.548. The average molecular weight is 339 g/mol. The molecule has 2 heterocycles. The van der Waals surface area contributed by atoms with E-state index in [0.717, 1.165) is 17.1 Å². The van der Waals surface area contributed by atoms with Crippen LogP contribution < -0.4 is 10.1 Å². The molecule has 0 radical (unpaired) electrons. The molecule has 1 aromatic carbocycles. The second-order valence-electron chi connectivity index (χ2n) is 5.42. The molecule has 0 spiro atoms. The number of benzene rings is 1. The molecule has 0 aliphatic rings. The van der Waals surface area contributed by atoms with Gasteiger partial charge in [0.25, 0.3) is 5.69 Å². The Bertz CT molecular complexity index is 890. The van der Waals surface area contributed by atoms with Crippen LogP contribution in [0, 0.1) is 17.0 Å². The van der Waals surface area contributed by atoms with Gasteiger partial charge in [-0.15, -0.1) is 0 Å². The summed E-state index contributed by atoms with van der Waals surface area (Å²) in [7, 11) is 1.63. The molecule has 0 atom stereocenters. The number of methoxy groups -OCH3 is 1. The number of pyridine rings is 1. The van der Waals surface area contributed by atoms with Gasteiger partial charge in [-0.25, -0.2) is 9.67 Å². The van der Waals surface area contributed by atoms with Crippen molar-refractivity contribution in [3.05, 3.63) is 70.2 Å². The van der Waals surface area contributed by atoms with E-state index in [-0.39, 0.29) is 5.69 Å². The van der Waals surface area contributed by atoms with Gasteiger partial charge < -0.3 is 10.1 Å². The van der Waals surface area contributed by atoms with Gasteiger partial charge in [-0.05, 0) is 42.8 Å². The Morgan fingerprint density at radius 2 is 2.04 bits per heavy atom. The van der Waals surface area contributed by atoms with Gasteiger partial charge in [-0.2, -0.15) is 5.10 Å². The summed E-state index contributed by atoms with van der Waals surface area (Å²) in [6.45, 7) is 2.24. The molecule has 0 aliphatic carbocycles. The maximum absolute atomic E-state index is 10.7. The highest BCUT2D eigenvalue weighted by Gasteiger charge is 2.10. The van der Waals surface area contributed by atoms with Gasteiger partial charge in [-0.1, -0.05) is 0 Å². The number of rotatable bonds is 6. The molecule has 0 fully saturated rings. The fourth-order valence-electron chi connectivity index (χ4n) is 2.35. The Hall–Kier alpha value is -3.42. The third-order valence-electron chi connectivity index (χ3n) is 3.69. The van der Waals surface area contributed by atoms with Crippen molar-refractivity contribution >= 4 is 11.5 Å². The number of hydrogen-bond acceptors (Lipinski definition) is 6. The number of ether oxygens (including phenoxy) is 1. The second-order valence-corrected chi connectivity index (χ2v) is 5.42. The van der Waals surface area contributed by atoms with E-state index in [0.29, 0.717) is 17.9 Å². The van der Waals surface area contributed by atoms with E-state index in [2.05, 4.69) is 15.4 Å². The van der Waals surface area contributed by atoms with Crippen molar-refractivity contribution < 1.29 is 9.66 Å². The fourth-order valence-corrected chi connectivity index (χ4v) is 2.35. The third kappa shape index (κ3) is 3.74. The first-order chi connectivity index (χ1) is 12.1. The van der Waals surface area contributed by atoms with Crippen molar-refractivity contribution in [1.82, 2.24) is 14.8 Å². The number of nitrogens with zero attached hydrogens (tertiary/aromatic N) is 4. The van der Waals surface area contributed by atoms with E-state index < -0.39 is 4.92 Å². The van der Waals surface area contributed by atoms with E-state index in [4.69, 9.17) is 4.74 Å². The molecule has 8 nitrogen and oxygen atoms in total. The highest BCUT2D eigenvalue weighted by molar-refractivity contribution is 5.48. The van der Waals surface area contributed by atoms with E-state index in [1.54, 1.807) is 18.7 Å². The van der Waals surface area contributed by atoms with Gasteiger partial charge in [0.05, 0.1) is 30.0 Å². The summed E-state index contributed by atoms with van der Waals surface area (Å²) in [5, 5.41) is 18.4. The number of hydrogen-bond donors (Lipinski definition) is 1. The second kappa shape index (κ2) is 7.00. The van der Waals surface area contributed by atoms with Crippen LogP contribution in [0.4, 0.5) is 11.5 Å². The summed E-state index contributed by atoms with van der Waals surface area (Å²) < 4.78 is 6.91. The van der Waals surface area contributed by atoms with Crippen LogP contribution in [0.5, 0.6) is 5.75 Å². The largest absolute Gasteiger partial charge is 0.497 e. The SMILES string of the molecule is COc1ccc(-n2ccc(CNc3ncc([N+](=O)[O-])cc3C)n2)cc1. The van der Waals surface area contributed by atoms with E-state index in [1.165, 1.54) is 12.3 Å². The van der Waals surface area contributed by atoms with Crippen molar-refractivity contribution in [2.24, 2.45) is 0 Å². The molecule has 3 aromatic rings. The molecular formula is C17H17N5O3. The van der Waals surface area contributed by atoms with Crippen LogP contribution in [-0.2, 0) is 6.54 Å². The number of aromatic nitrogens is 3. The number of anilines is 1. The van der Waals surface area contributed by atoms with Crippen molar-refractivity contribution in [2.75, 3.05) is 12.4 Å². The van der Waals surface area contributed by atoms with Crippen LogP contribution in [0.25, 0.3) is 5.69 Å². The number of aryl methyl sites for hydroxylation is 1. The molecule has 0 saturated carbocycles. The van der Waals surface area contributed by atoms with Crippen molar-refractivity contribution in [1.29, 1.82) is 0 Å². The zero-order valence-corrected chi connectivity index (χ0v) is 13.8. The summed E-state index contributed by atoms with van der Waals surface area (Å²) in [6, 6.07) is 11.0. The molecule has 3 rings (SSSR count). The summed E-state index contributed by atoms with van der Waals surface area (Å²) >= 11 is 0. The lowest BCUT2D eigenvalue weighted by Gasteiger charge is -2.07. The molecular weight excluding hydrogens is 322 g/mol. The lowest BCUT2D eigenvalue weighted by Crippen LogP contribution is -2.05. The maximum atomic E-state index is 10.7. The van der Waals surface area contributed by atoms with Crippen LogP contribution in [0.2, 0.25) is 0 Å². The predicted octanol–water partition coefficient (Wildman–Crippen LogP) is 3.10. The summed E-state index contributed by atoms with van der Waals surface area (Å²) in [6.07, 6.45) is 3.11. The van der Waals surface area contributed by atoms with Crippen LogP contribution in [0.15, 0.2) is 48.8 Å². The number of nitro groups is 1. The van der Waals surface area contributed by atoms with Crippen LogP contribution in [-0.4, -0.2) is 26.8 Å². The molecule has 0 bridgehead atoms. The molecule has 8 heteroatoms. The summed E-state index contributed by atoms with van der Waals surface area (Å²) in [5.74, 6) is 1.39. The summed E-state index contributed by atoms with van der Waals surface area (Å²) in [5.41, 5.74) is 2.45. The Kier molecular flexibility index (Phi) is 4.60. The minimum atomic E-state index is -0.458. The normalized spacial score (nSPS) is 10.5. The monoisotopic (exact) mass is 339 g/mol. The standard InChI is InChI=1S/C17H17N5O3/c1-12-9-15(22(23)24)11-19-17(12)18-10-13-7-8-21(20-13)14-3-5-16(25-2)6-4-14/h3-9,11H,10H2,1-2H3,(H,18,19). The Morgan fingerprint density at radius 3 is 2.68 bits per heavy atom. The van der Waals surface area contributed by atoms with Gasteiger partial charge >= 0.3 is 0 Å². The third-order valence-corrected chi connectivity index (χ3v) is 3.69.